The summed E-state index contributed by atoms with van der Waals surface area (Å²) in [6.45, 7) is 0. The van der Waals surface area contributed by atoms with Crippen LogP contribution >= 0.6 is 7.26 Å². The van der Waals surface area contributed by atoms with E-state index in [1.807, 2.05) is 30.3 Å². The Morgan fingerprint density at radius 2 is 0.852 bits per heavy atom. The van der Waals surface area contributed by atoms with Crippen LogP contribution in [0.25, 0.3) is 0 Å². The van der Waals surface area contributed by atoms with Crippen LogP contribution in [0.5, 0.6) is 0 Å². The molecule has 27 heavy (non-hydrogen) atoms. The van der Waals surface area contributed by atoms with Crippen LogP contribution in [-0.2, 0) is 6.16 Å². The zero-order valence-corrected chi connectivity index (χ0v) is 16.1. The molecule has 0 bridgehead atoms. The van der Waals surface area contributed by atoms with Gasteiger partial charge in [0.25, 0.3) is 0 Å². The molecule has 0 spiro atoms. The molecule has 0 N–H and O–H groups in total. The average Bonchev–Trinajstić information content (AvgIpc) is 2.75. The maximum atomic E-state index is 14.7. The molecule has 0 radical (unpaired) electrons. The first-order chi connectivity index (χ1) is 13.3. The minimum atomic E-state index is -2.44. The van der Waals surface area contributed by atoms with Crippen LogP contribution in [-0.4, -0.2) is 0 Å². The summed E-state index contributed by atoms with van der Waals surface area (Å²) in [6, 6.07) is 39.0. The van der Waals surface area contributed by atoms with Gasteiger partial charge in [0.1, 0.15) is 0 Å². The Balaban J connectivity index is 2.02. The van der Waals surface area contributed by atoms with E-state index >= 15 is 0 Å². The van der Waals surface area contributed by atoms with Crippen LogP contribution in [0, 0.1) is 5.82 Å². The molecule has 0 saturated carbocycles. The molecule has 2 heteroatoms. The molecule has 0 aliphatic carbocycles. The molecule has 4 aromatic rings. The third kappa shape index (κ3) is 3.44. The first-order valence-corrected chi connectivity index (χ1v) is 11.4. The van der Waals surface area contributed by atoms with Crippen molar-refractivity contribution in [2.24, 2.45) is 0 Å². The molecule has 0 unspecified atom stereocenters. The second-order valence-corrected chi connectivity index (χ2v) is 10.7. The van der Waals surface area contributed by atoms with Crippen molar-refractivity contribution in [3.05, 3.63) is 127 Å². The number of rotatable bonds is 5. The molecule has 0 heterocycles. The van der Waals surface area contributed by atoms with Gasteiger partial charge in [-0.25, -0.2) is 0 Å². The molecule has 0 fully saturated rings. The summed E-state index contributed by atoms with van der Waals surface area (Å²) in [7, 11) is -2.44. The fourth-order valence-corrected chi connectivity index (χ4v) is 8.66. The van der Waals surface area contributed by atoms with Gasteiger partial charge in [-0.15, -0.1) is 0 Å². The molecule has 0 aliphatic heterocycles. The number of benzene rings is 4. The summed E-state index contributed by atoms with van der Waals surface area (Å²) in [5, 5.41) is 3.89. The Bertz CT molecular complexity index is 901. The summed E-state index contributed by atoms with van der Waals surface area (Å²) in [5.41, 5.74) is 0.778. The molecule has 0 nitrogen and oxygen atoms in total. The van der Waals surface area contributed by atoms with Gasteiger partial charge >= 0.3 is 160 Å². The fraction of sp³-hybridized carbons (Fsp3) is 0.0400. The van der Waals surface area contributed by atoms with Crippen molar-refractivity contribution < 1.29 is 4.39 Å². The third-order valence-electron chi connectivity index (χ3n) is 5.21. The first kappa shape index (κ1) is 17.6. The zero-order chi connectivity index (χ0) is 18.5. The summed E-state index contributed by atoms with van der Waals surface area (Å²) in [4.78, 5) is 0. The van der Waals surface area contributed by atoms with Crippen molar-refractivity contribution in [3.8, 4) is 0 Å². The van der Waals surface area contributed by atoms with Gasteiger partial charge in [0.15, 0.2) is 0 Å². The first-order valence-electron chi connectivity index (χ1n) is 9.21. The Kier molecular flexibility index (Phi) is 5.14. The van der Waals surface area contributed by atoms with Crippen LogP contribution < -0.4 is 15.9 Å². The molecule has 0 saturated heterocycles. The molecule has 0 aromatic heterocycles. The predicted octanol–water partition coefficient (Wildman–Crippen LogP) is 5.05. The predicted molar refractivity (Wildman–Crippen MR) is 117 cm³/mol. The van der Waals surface area contributed by atoms with Gasteiger partial charge in [0.2, 0.25) is 0 Å². The SMILES string of the molecule is Fc1ccccc1C[PH](c1ccccc1)(c1ccccc1)c1ccccc1. The summed E-state index contributed by atoms with van der Waals surface area (Å²) in [5.74, 6) is -0.128. The van der Waals surface area contributed by atoms with E-state index in [-0.39, 0.29) is 5.82 Å². The molecule has 0 amide bonds. The van der Waals surface area contributed by atoms with E-state index in [0.29, 0.717) is 6.16 Å². The summed E-state index contributed by atoms with van der Waals surface area (Å²) < 4.78 is 14.7. The van der Waals surface area contributed by atoms with Crippen molar-refractivity contribution >= 4 is 23.2 Å². The number of hydrogen-bond donors (Lipinski definition) is 0. The van der Waals surface area contributed by atoms with Gasteiger partial charge in [-0.05, 0) is 0 Å². The Labute approximate surface area is 160 Å². The van der Waals surface area contributed by atoms with Gasteiger partial charge < -0.3 is 0 Å². The van der Waals surface area contributed by atoms with E-state index in [2.05, 4.69) is 72.8 Å². The van der Waals surface area contributed by atoms with E-state index in [1.165, 1.54) is 15.9 Å². The van der Waals surface area contributed by atoms with Crippen LogP contribution in [0.2, 0.25) is 0 Å². The van der Waals surface area contributed by atoms with Gasteiger partial charge in [-0.1, -0.05) is 0 Å². The Morgan fingerprint density at radius 1 is 0.481 bits per heavy atom. The normalized spacial score (nSPS) is 11.9. The summed E-state index contributed by atoms with van der Waals surface area (Å²) in [6.07, 6.45) is 0.692. The standard InChI is InChI=1S/C25H22FP/c26-25-19-11-10-12-21(25)20-27(22-13-4-1-5-14-22,23-15-6-2-7-16-23)24-17-8-3-9-18-24/h1-19,27H,20H2. The quantitative estimate of drug-likeness (QED) is 0.430. The number of halogens is 1. The fourth-order valence-electron chi connectivity index (χ4n) is 3.90. The molecule has 4 rings (SSSR count). The van der Waals surface area contributed by atoms with Crippen LogP contribution in [0.4, 0.5) is 4.39 Å². The van der Waals surface area contributed by atoms with Crippen molar-refractivity contribution in [1.82, 2.24) is 0 Å². The second-order valence-electron chi connectivity index (χ2n) is 6.77. The average molecular weight is 372 g/mol. The summed E-state index contributed by atoms with van der Waals surface area (Å²) >= 11 is 0. The van der Waals surface area contributed by atoms with E-state index in [0.717, 1.165) is 5.56 Å². The van der Waals surface area contributed by atoms with Gasteiger partial charge in [-0.2, -0.15) is 0 Å². The minimum absolute atomic E-state index is 0.128. The Hall–Kier alpha value is -2.76. The van der Waals surface area contributed by atoms with Crippen molar-refractivity contribution in [1.29, 1.82) is 0 Å². The topological polar surface area (TPSA) is 0 Å². The molecular weight excluding hydrogens is 350 g/mol. The molecule has 0 aliphatic rings. The van der Waals surface area contributed by atoms with E-state index in [4.69, 9.17) is 0 Å². The zero-order valence-electron chi connectivity index (χ0n) is 15.1. The van der Waals surface area contributed by atoms with Crippen molar-refractivity contribution in [2.45, 2.75) is 6.16 Å². The molecule has 0 atom stereocenters. The van der Waals surface area contributed by atoms with Gasteiger partial charge in [-0.3, -0.25) is 0 Å². The van der Waals surface area contributed by atoms with Crippen LogP contribution in [0.15, 0.2) is 115 Å². The van der Waals surface area contributed by atoms with Crippen LogP contribution in [0.1, 0.15) is 5.56 Å². The molecule has 4 aromatic carbocycles. The van der Waals surface area contributed by atoms with E-state index < -0.39 is 7.26 Å². The van der Waals surface area contributed by atoms with E-state index in [1.54, 1.807) is 12.1 Å². The number of hydrogen-bond acceptors (Lipinski definition) is 0. The van der Waals surface area contributed by atoms with Crippen molar-refractivity contribution in [3.63, 3.8) is 0 Å². The van der Waals surface area contributed by atoms with Crippen molar-refractivity contribution in [2.75, 3.05) is 0 Å². The Morgan fingerprint density at radius 3 is 1.26 bits per heavy atom. The second kappa shape index (κ2) is 7.86. The molecular formula is C25H22FP. The monoisotopic (exact) mass is 372 g/mol. The third-order valence-corrected chi connectivity index (χ3v) is 10.1. The van der Waals surface area contributed by atoms with Gasteiger partial charge in [0.05, 0.1) is 0 Å². The van der Waals surface area contributed by atoms with E-state index in [9.17, 15) is 4.39 Å². The maximum absolute atomic E-state index is 14.7. The van der Waals surface area contributed by atoms with Gasteiger partial charge in [0, 0.05) is 0 Å². The van der Waals surface area contributed by atoms with Crippen LogP contribution in [0.3, 0.4) is 0 Å². The molecule has 134 valence electrons.